The molecule has 32 heavy (non-hydrogen) atoms. The Hall–Kier alpha value is -2.94. The van der Waals surface area contributed by atoms with Crippen molar-refractivity contribution in [3.63, 3.8) is 0 Å². The summed E-state index contributed by atoms with van der Waals surface area (Å²) in [6.07, 6.45) is 8.78. The van der Waals surface area contributed by atoms with Crippen LogP contribution in [0, 0.1) is 5.92 Å². The Morgan fingerprint density at radius 2 is 2.09 bits per heavy atom. The molecule has 0 aromatic carbocycles. The van der Waals surface area contributed by atoms with Gasteiger partial charge in [-0.1, -0.05) is 0 Å². The standard InChI is InChI=1S/C23H29N7O2/c31-20(13-15-7-11-32-12-8-15)18-3-1-9-29(18)23-25-22(19-4-2-10-30(19)28-23)24-21-14-17(26-27-21)16-5-6-16/h2,4,10,14-16,18H,1,3,5-9,11-13H2,(H2,24,25,26,27,28)/t18-/m0/s1. The summed E-state index contributed by atoms with van der Waals surface area (Å²) in [6.45, 7) is 2.33. The number of fused-ring (bicyclic) bond motifs is 1. The molecular weight excluding hydrogens is 406 g/mol. The molecule has 1 aliphatic carbocycles. The average Bonchev–Trinajstić information content (AvgIpc) is 3.20. The van der Waals surface area contributed by atoms with Crippen molar-refractivity contribution in [3.05, 3.63) is 30.1 Å². The SMILES string of the molecule is O=C(CC1CCOCC1)[C@@H]1CCCN1c1nc(Nc2cc(C3CC3)[nH]n2)c2cccn2n1. The lowest BCUT2D eigenvalue weighted by molar-refractivity contribution is -0.121. The second-order valence-corrected chi connectivity index (χ2v) is 9.28. The zero-order chi connectivity index (χ0) is 21.5. The molecule has 2 aliphatic heterocycles. The zero-order valence-electron chi connectivity index (χ0n) is 18.2. The molecule has 0 unspecified atom stereocenters. The van der Waals surface area contributed by atoms with Crippen molar-refractivity contribution in [1.82, 2.24) is 24.8 Å². The number of H-pyrrole nitrogens is 1. The fourth-order valence-electron chi connectivity index (χ4n) is 4.97. The molecule has 2 N–H and O–H groups in total. The van der Waals surface area contributed by atoms with Crippen molar-refractivity contribution < 1.29 is 9.53 Å². The molecule has 3 aromatic heterocycles. The largest absolute Gasteiger partial charge is 0.381 e. The molecule has 1 atom stereocenters. The maximum atomic E-state index is 13.2. The number of rotatable bonds is 7. The van der Waals surface area contributed by atoms with Crippen molar-refractivity contribution in [2.75, 3.05) is 30.0 Å². The topological polar surface area (TPSA) is 100 Å². The predicted octanol–water partition coefficient (Wildman–Crippen LogP) is 3.43. The molecule has 3 aliphatic rings. The van der Waals surface area contributed by atoms with Crippen LogP contribution in [0.25, 0.3) is 5.52 Å². The number of hydrogen-bond donors (Lipinski definition) is 2. The highest BCUT2D eigenvalue weighted by atomic mass is 16.5. The van der Waals surface area contributed by atoms with Gasteiger partial charge in [-0.3, -0.25) is 9.89 Å². The monoisotopic (exact) mass is 435 g/mol. The van der Waals surface area contributed by atoms with E-state index in [1.54, 1.807) is 0 Å². The molecule has 1 saturated carbocycles. The van der Waals surface area contributed by atoms with Crippen LogP contribution in [0.2, 0.25) is 0 Å². The van der Waals surface area contributed by atoms with Gasteiger partial charge in [0.25, 0.3) is 0 Å². The molecule has 0 bridgehead atoms. The van der Waals surface area contributed by atoms with Crippen molar-refractivity contribution >= 4 is 28.9 Å². The number of hydrogen-bond acceptors (Lipinski definition) is 7. The normalized spacial score (nSPS) is 22.0. The van der Waals surface area contributed by atoms with E-state index in [1.807, 2.05) is 22.8 Å². The molecule has 0 amide bonds. The second kappa shape index (κ2) is 8.20. The Morgan fingerprint density at radius 1 is 1.22 bits per heavy atom. The Balaban J connectivity index is 1.25. The fraction of sp³-hybridized carbons (Fsp3) is 0.565. The van der Waals surface area contributed by atoms with Crippen molar-refractivity contribution in [2.24, 2.45) is 5.92 Å². The van der Waals surface area contributed by atoms with Gasteiger partial charge in [-0.05, 0) is 56.6 Å². The lowest BCUT2D eigenvalue weighted by Gasteiger charge is -2.27. The minimum absolute atomic E-state index is 0.148. The summed E-state index contributed by atoms with van der Waals surface area (Å²) in [6, 6.07) is 5.86. The van der Waals surface area contributed by atoms with E-state index in [2.05, 4.69) is 26.5 Å². The molecule has 5 heterocycles. The third kappa shape index (κ3) is 3.85. The third-order valence-electron chi connectivity index (χ3n) is 6.95. The summed E-state index contributed by atoms with van der Waals surface area (Å²) in [5.74, 6) is 3.41. The number of carbonyl (C=O) groups is 1. The molecule has 3 aromatic rings. The van der Waals surface area contributed by atoms with Crippen LogP contribution in [-0.4, -0.2) is 56.4 Å². The number of carbonyl (C=O) groups excluding carboxylic acids is 1. The molecule has 3 fully saturated rings. The molecule has 168 valence electrons. The molecule has 9 nitrogen and oxygen atoms in total. The van der Waals surface area contributed by atoms with Crippen LogP contribution >= 0.6 is 0 Å². The predicted molar refractivity (Wildman–Crippen MR) is 120 cm³/mol. The fourth-order valence-corrected chi connectivity index (χ4v) is 4.97. The first-order valence-electron chi connectivity index (χ1n) is 11.8. The first kappa shape index (κ1) is 19.7. The number of aromatic amines is 1. The van der Waals surface area contributed by atoms with Gasteiger partial charge in [0.2, 0.25) is 5.95 Å². The first-order chi connectivity index (χ1) is 15.7. The van der Waals surface area contributed by atoms with Crippen LogP contribution in [0.15, 0.2) is 24.4 Å². The average molecular weight is 436 g/mol. The summed E-state index contributed by atoms with van der Waals surface area (Å²) in [5, 5.41) is 15.7. The number of anilines is 3. The Morgan fingerprint density at radius 3 is 2.94 bits per heavy atom. The Bertz CT molecular complexity index is 1110. The van der Waals surface area contributed by atoms with Gasteiger partial charge >= 0.3 is 0 Å². The van der Waals surface area contributed by atoms with Gasteiger partial charge in [-0.25, -0.2) is 4.52 Å². The first-order valence-corrected chi connectivity index (χ1v) is 11.8. The quantitative estimate of drug-likeness (QED) is 0.586. The van der Waals surface area contributed by atoms with Gasteiger partial charge in [0.1, 0.15) is 5.52 Å². The van der Waals surface area contributed by atoms with E-state index in [0.717, 1.165) is 56.8 Å². The zero-order valence-corrected chi connectivity index (χ0v) is 18.2. The number of nitrogens with one attached hydrogen (secondary N) is 2. The van der Waals surface area contributed by atoms with Crippen LogP contribution in [0.5, 0.6) is 0 Å². The van der Waals surface area contributed by atoms with E-state index >= 15 is 0 Å². The van der Waals surface area contributed by atoms with Gasteiger partial charge in [-0.15, -0.1) is 5.10 Å². The number of ketones is 1. The van der Waals surface area contributed by atoms with E-state index in [9.17, 15) is 4.79 Å². The molecule has 9 heteroatoms. The minimum atomic E-state index is -0.148. The lowest BCUT2D eigenvalue weighted by atomic mass is 9.91. The highest BCUT2D eigenvalue weighted by molar-refractivity contribution is 5.87. The number of ether oxygens (including phenoxy) is 1. The summed E-state index contributed by atoms with van der Waals surface area (Å²) in [7, 11) is 0. The van der Waals surface area contributed by atoms with Gasteiger partial charge in [0.05, 0.1) is 6.04 Å². The van der Waals surface area contributed by atoms with Crippen LogP contribution in [0.1, 0.15) is 56.6 Å². The second-order valence-electron chi connectivity index (χ2n) is 9.28. The number of nitrogens with zero attached hydrogens (tertiary/aromatic N) is 5. The van der Waals surface area contributed by atoms with E-state index in [-0.39, 0.29) is 6.04 Å². The van der Waals surface area contributed by atoms with Crippen LogP contribution in [-0.2, 0) is 9.53 Å². The maximum Gasteiger partial charge on any atom is 0.246 e. The van der Waals surface area contributed by atoms with Crippen molar-refractivity contribution in [3.8, 4) is 0 Å². The molecule has 0 radical (unpaired) electrons. The Labute approximate surface area is 186 Å². The van der Waals surface area contributed by atoms with Gasteiger partial charge in [0, 0.05) is 50.1 Å². The lowest BCUT2D eigenvalue weighted by Crippen LogP contribution is -2.38. The highest BCUT2D eigenvalue weighted by Crippen LogP contribution is 2.40. The van der Waals surface area contributed by atoms with E-state index < -0.39 is 0 Å². The summed E-state index contributed by atoms with van der Waals surface area (Å²) in [5.41, 5.74) is 2.06. The summed E-state index contributed by atoms with van der Waals surface area (Å²) >= 11 is 0. The third-order valence-corrected chi connectivity index (χ3v) is 6.95. The van der Waals surface area contributed by atoms with E-state index in [1.165, 1.54) is 18.5 Å². The number of Topliss-reactive ketones (excluding diaryl/α,β-unsaturated/α-hetero) is 1. The Kier molecular flexibility index (Phi) is 5.05. The molecule has 6 rings (SSSR count). The number of aromatic nitrogens is 5. The van der Waals surface area contributed by atoms with Crippen molar-refractivity contribution in [2.45, 2.75) is 56.9 Å². The maximum absolute atomic E-state index is 13.2. The summed E-state index contributed by atoms with van der Waals surface area (Å²) < 4.78 is 7.28. The van der Waals surface area contributed by atoms with Gasteiger partial charge < -0.3 is 15.0 Å². The molecule has 2 saturated heterocycles. The molecular formula is C23H29N7O2. The van der Waals surface area contributed by atoms with Crippen LogP contribution in [0.3, 0.4) is 0 Å². The van der Waals surface area contributed by atoms with Gasteiger partial charge in [-0.2, -0.15) is 10.1 Å². The van der Waals surface area contributed by atoms with Gasteiger partial charge in [0.15, 0.2) is 17.4 Å². The smallest absolute Gasteiger partial charge is 0.246 e. The highest BCUT2D eigenvalue weighted by Gasteiger charge is 2.34. The van der Waals surface area contributed by atoms with Crippen LogP contribution in [0.4, 0.5) is 17.6 Å². The van der Waals surface area contributed by atoms with Crippen molar-refractivity contribution in [1.29, 1.82) is 0 Å². The summed E-state index contributed by atoms with van der Waals surface area (Å²) in [4.78, 5) is 20.1. The minimum Gasteiger partial charge on any atom is -0.381 e. The van der Waals surface area contributed by atoms with E-state index in [4.69, 9.17) is 14.8 Å². The van der Waals surface area contributed by atoms with Crippen LogP contribution < -0.4 is 10.2 Å². The van der Waals surface area contributed by atoms with E-state index in [0.29, 0.717) is 35.8 Å². The molecule has 0 spiro atoms.